The van der Waals surface area contributed by atoms with Gasteiger partial charge in [-0.1, -0.05) is 47.5 Å². The highest BCUT2D eigenvalue weighted by atomic mass is 35.5. The van der Waals surface area contributed by atoms with Crippen molar-refractivity contribution in [2.24, 2.45) is 0 Å². The number of hydrogen-bond acceptors (Lipinski definition) is 4. The Kier molecular flexibility index (Phi) is 6.95. The first-order valence-electron chi connectivity index (χ1n) is 9.40. The molecule has 0 bridgehead atoms. The summed E-state index contributed by atoms with van der Waals surface area (Å²) in [5.74, 6) is -0.510. The van der Waals surface area contributed by atoms with E-state index in [-0.39, 0.29) is 17.0 Å². The third-order valence-corrected chi connectivity index (χ3v) is 6.54. The van der Waals surface area contributed by atoms with Crippen molar-refractivity contribution < 1.29 is 13.2 Å². The SMILES string of the molecule is Cc1ccc(S(=O)(=O)N(CC(=O)Nc2ccc(CC#N)cc2)c2cccc(Cl)c2)cc1. The van der Waals surface area contributed by atoms with Crippen LogP contribution in [-0.4, -0.2) is 20.9 Å². The summed E-state index contributed by atoms with van der Waals surface area (Å²) in [6.07, 6.45) is 0.269. The van der Waals surface area contributed by atoms with Crippen LogP contribution in [0.25, 0.3) is 0 Å². The molecule has 8 heteroatoms. The van der Waals surface area contributed by atoms with Crippen LogP contribution in [0.15, 0.2) is 77.7 Å². The number of aryl methyl sites for hydroxylation is 1. The number of carbonyl (C=O) groups excluding carboxylic acids is 1. The molecule has 0 unspecified atom stereocenters. The number of hydrogen-bond donors (Lipinski definition) is 1. The van der Waals surface area contributed by atoms with Crippen LogP contribution in [0.5, 0.6) is 0 Å². The van der Waals surface area contributed by atoms with Gasteiger partial charge in [0.15, 0.2) is 0 Å². The Morgan fingerprint density at radius 1 is 1.06 bits per heavy atom. The lowest BCUT2D eigenvalue weighted by Gasteiger charge is -2.24. The molecular weight excluding hydrogens is 434 g/mol. The van der Waals surface area contributed by atoms with E-state index in [2.05, 4.69) is 11.4 Å². The molecule has 3 rings (SSSR count). The van der Waals surface area contributed by atoms with E-state index in [0.29, 0.717) is 10.7 Å². The van der Waals surface area contributed by atoms with Gasteiger partial charge in [0.25, 0.3) is 10.0 Å². The van der Waals surface area contributed by atoms with Crippen LogP contribution in [0.3, 0.4) is 0 Å². The third-order valence-electron chi connectivity index (χ3n) is 4.51. The van der Waals surface area contributed by atoms with E-state index in [9.17, 15) is 13.2 Å². The zero-order chi connectivity index (χ0) is 22.4. The zero-order valence-electron chi connectivity index (χ0n) is 16.7. The van der Waals surface area contributed by atoms with E-state index >= 15 is 0 Å². The van der Waals surface area contributed by atoms with E-state index in [0.717, 1.165) is 15.4 Å². The first kappa shape index (κ1) is 22.3. The van der Waals surface area contributed by atoms with E-state index in [1.807, 2.05) is 6.92 Å². The largest absolute Gasteiger partial charge is 0.325 e. The van der Waals surface area contributed by atoms with Gasteiger partial charge in [0, 0.05) is 10.7 Å². The summed E-state index contributed by atoms with van der Waals surface area (Å²) in [6, 6.07) is 21.6. The molecule has 31 heavy (non-hydrogen) atoms. The number of anilines is 2. The van der Waals surface area contributed by atoms with Crippen LogP contribution in [0.2, 0.25) is 5.02 Å². The number of benzene rings is 3. The number of amides is 1. The third kappa shape index (κ3) is 5.63. The molecule has 0 aliphatic carbocycles. The number of carbonyl (C=O) groups is 1. The van der Waals surface area contributed by atoms with Crippen molar-refractivity contribution in [3.05, 3.63) is 88.9 Å². The predicted octanol–water partition coefficient (Wildman–Crippen LogP) is 4.55. The fraction of sp³-hybridized carbons (Fsp3) is 0.130. The summed E-state index contributed by atoms with van der Waals surface area (Å²) in [4.78, 5) is 12.8. The molecule has 0 saturated carbocycles. The normalized spacial score (nSPS) is 10.9. The quantitative estimate of drug-likeness (QED) is 0.568. The van der Waals surface area contributed by atoms with Crippen molar-refractivity contribution in [3.8, 4) is 6.07 Å². The predicted molar refractivity (Wildman–Crippen MR) is 122 cm³/mol. The lowest BCUT2D eigenvalue weighted by atomic mass is 10.1. The van der Waals surface area contributed by atoms with Gasteiger partial charge in [-0.3, -0.25) is 9.10 Å². The Labute approximate surface area is 186 Å². The number of rotatable bonds is 7. The van der Waals surface area contributed by atoms with Crippen molar-refractivity contribution in [2.75, 3.05) is 16.2 Å². The van der Waals surface area contributed by atoms with Crippen molar-refractivity contribution in [3.63, 3.8) is 0 Å². The smallest absolute Gasteiger partial charge is 0.264 e. The summed E-state index contributed by atoms with van der Waals surface area (Å²) in [5.41, 5.74) is 2.53. The molecule has 0 atom stereocenters. The standard InChI is InChI=1S/C23H20ClN3O3S/c1-17-5-11-22(12-6-17)31(29,30)27(21-4-2-3-19(24)15-21)16-23(28)26-20-9-7-18(8-10-20)13-14-25/h2-12,15H,13,16H2,1H3,(H,26,28). The average molecular weight is 454 g/mol. The van der Waals surface area contributed by atoms with Gasteiger partial charge in [0.1, 0.15) is 6.54 Å². The molecule has 6 nitrogen and oxygen atoms in total. The maximum absolute atomic E-state index is 13.3. The number of nitriles is 1. The van der Waals surface area contributed by atoms with Gasteiger partial charge in [0.2, 0.25) is 5.91 Å². The molecule has 0 aliphatic heterocycles. The second-order valence-electron chi connectivity index (χ2n) is 6.88. The molecule has 0 aliphatic rings. The molecule has 3 aromatic rings. The van der Waals surface area contributed by atoms with Crippen molar-refractivity contribution in [1.82, 2.24) is 0 Å². The first-order valence-corrected chi connectivity index (χ1v) is 11.2. The maximum atomic E-state index is 13.3. The number of sulfonamides is 1. The van der Waals surface area contributed by atoms with Crippen LogP contribution in [0.4, 0.5) is 11.4 Å². The molecule has 0 radical (unpaired) electrons. The average Bonchev–Trinajstić information content (AvgIpc) is 2.74. The highest BCUT2D eigenvalue weighted by Gasteiger charge is 2.27. The molecule has 0 aromatic heterocycles. The van der Waals surface area contributed by atoms with E-state index in [4.69, 9.17) is 16.9 Å². The van der Waals surface area contributed by atoms with Crippen molar-refractivity contribution in [1.29, 1.82) is 5.26 Å². The van der Waals surface area contributed by atoms with Gasteiger partial charge in [-0.15, -0.1) is 0 Å². The van der Waals surface area contributed by atoms with Gasteiger partial charge in [-0.25, -0.2) is 8.42 Å². The van der Waals surface area contributed by atoms with Crippen LogP contribution in [0, 0.1) is 18.3 Å². The van der Waals surface area contributed by atoms with Gasteiger partial charge in [0.05, 0.1) is 23.1 Å². The Balaban J connectivity index is 1.89. The van der Waals surface area contributed by atoms with E-state index in [1.165, 1.54) is 18.2 Å². The summed E-state index contributed by atoms with van der Waals surface area (Å²) < 4.78 is 27.7. The molecule has 158 valence electrons. The molecule has 1 amide bonds. The van der Waals surface area contributed by atoms with Gasteiger partial charge in [-0.2, -0.15) is 5.26 Å². The number of nitrogens with zero attached hydrogens (tertiary/aromatic N) is 2. The Hall–Kier alpha value is -3.34. The number of nitrogens with one attached hydrogen (secondary N) is 1. The minimum absolute atomic E-state index is 0.0757. The second-order valence-corrected chi connectivity index (χ2v) is 9.18. The monoisotopic (exact) mass is 453 g/mol. The second kappa shape index (κ2) is 9.65. The zero-order valence-corrected chi connectivity index (χ0v) is 18.3. The molecule has 0 heterocycles. The lowest BCUT2D eigenvalue weighted by Crippen LogP contribution is -2.38. The fourth-order valence-electron chi connectivity index (χ4n) is 2.91. The minimum atomic E-state index is -4.01. The molecule has 1 N–H and O–H groups in total. The maximum Gasteiger partial charge on any atom is 0.264 e. The van der Waals surface area contributed by atoms with Crippen LogP contribution in [0.1, 0.15) is 11.1 Å². The van der Waals surface area contributed by atoms with Gasteiger partial charge in [-0.05, 0) is 55.0 Å². The minimum Gasteiger partial charge on any atom is -0.325 e. The summed E-state index contributed by atoms with van der Waals surface area (Å²) in [5, 5.41) is 11.8. The number of halogens is 1. The Morgan fingerprint density at radius 3 is 2.35 bits per heavy atom. The van der Waals surface area contributed by atoms with Crippen LogP contribution < -0.4 is 9.62 Å². The molecular formula is C23H20ClN3O3S. The van der Waals surface area contributed by atoms with E-state index in [1.54, 1.807) is 54.6 Å². The van der Waals surface area contributed by atoms with Crippen molar-refractivity contribution >= 4 is 38.9 Å². The highest BCUT2D eigenvalue weighted by Crippen LogP contribution is 2.26. The molecule has 0 spiro atoms. The van der Waals surface area contributed by atoms with Gasteiger partial charge >= 0.3 is 0 Å². The topological polar surface area (TPSA) is 90.3 Å². The fourth-order valence-corrected chi connectivity index (χ4v) is 4.51. The Bertz CT molecular complexity index is 1220. The van der Waals surface area contributed by atoms with Crippen molar-refractivity contribution in [2.45, 2.75) is 18.2 Å². The molecule has 0 fully saturated rings. The lowest BCUT2D eigenvalue weighted by molar-refractivity contribution is -0.114. The van der Waals surface area contributed by atoms with Crippen LogP contribution in [-0.2, 0) is 21.2 Å². The molecule has 3 aromatic carbocycles. The van der Waals surface area contributed by atoms with E-state index < -0.39 is 22.5 Å². The summed E-state index contributed by atoms with van der Waals surface area (Å²) >= 11 is 6.07. The molecule has 0 saturated heterocycles. The highest BCUT2D eigenvalue weighted by molar-refractivity contribution is 7.92. The van der Waals surface area contributed by atoms with Crippen LogP contribution >= 0.6 is 11.6 Å². The first-order chi connectivity index (χ1) is 14.8. The summed E-state index contributed by atoms with van der Waals surface area (Å²) in [7, 11) is -4.01. The summed E-state index contributed by atoms with van der Waals surface area (Å²) in [6.45, 7) is 1.43. The Morgan fingerprint density at radius 2 is 1.74 bits per heavy atom. The van der Waals surface area contributed by atoms with Gasteiger partial charge < -0.3 is 5.32 Å².